The van der Waals surface area contributed by atoms with E-state index in [2.05, 4.69) is 61.2 Å². The van der Waals surface area contributed by atoms with Crippen LogP contribution in [0.5, 0.6) is 0 Å². The summed E-state index contributed by atoms with van der Waals surface area (Å²) in [5.41, 5.74) is 6.02. The minimum Gasteiger partial charge on any atom is -0.481 e. The standard InChI is InChI=1S/C32H38O3/c1-24(25-15-10-7-11-16-25)32-22-21-29(33)28(32)23-27(31(32)26-17-12-8-13-18-26)19-9-5-3-2-4-6-14-20-30(34)35/h7-8,10-13,15-18,28H,1-6,9,14,19-23H2,(H,34,35)/t28?,32-/m0/s1. The van der Waals surface area contributed by atoms with Gasteiger partial charge in [-0.05, 0) is 54.4 Å². The first kappa shape index (κ1) is 25.2. The molecule has 2 atom stereocenters. The molecular weight excluding hydrogens is 432 g/mol. The van der Waals surface area contributed by atoms with E-state index < -0.39 is 5.97 Å². The van der Waals surface area contributed by atoms with Gasteiger partial charge in [0.1, 0.15) is 5.78 Å². The molecule has 0 saturated heterocycles. The summed E-state index contributed by atoms with van der Waals surface area (Å²) in [6.45, 7) is 4.62. The van der Waals surface area contributed by atoms with Crippen molar-refractivity contribution in [3.8, 4) is 0 Å². The van der Waals surface area contributed by atoms with E-state index in [0.717, 1.165) is 56.1 Å². The molecule has 0 amide bonds. The lowest BCUT2D eigenvalue weighted by Crippen LogP contribution is -2.27. The molecule has 3 heteroatoms. The molecule has 1 N–H and O–H groups in total. The Morgan fingerprint density at radius 1 is 0.886 bits per heavy atom. The van der Waals surface area contributed by atoms with Gasteiger partial charge in [-0.1, -0.05) is 105 Å². The number of benzene rings is 2. The Hall–Kier alpha value is -2.94. The van der Waals surface area contributed by atoms with Crippen molar-refractivity contribution in [3.05, 3.63) is 83.9 Å². The maximum absolute atomic E-state index is 13.2. The normalized spacial score (nSPS) is 21.4. The summed E-state index contributed by atoms with van der Waals surface area (Å²) in [4.78, 5) is 23.8. The number of unbranched alkanes of at least 4 members (excludes halogenated alkanes) is 6. The second kappa shape index (κ2) is 11.7. The topological polar surface area (TPSA) is 54.4 Å². The Kier molecular flexibility index (Phi) is 8.38. The number of hydrogen-bond donors (Lipinski definition) is 1. The van der Waals surface area contributed by atoms with Gasteiger partial charge in [0.05, 0.1) is 0 Å². The van der Waals surface area contributed by atoms with Crippen LogP contribution in [-0.4, -0.2) is 16.9 Å². The second-order valence-corrected chi connectivity index (χ2v) is 10.3. The molecule has 0 aromatic heterocycles. The molecular formula is C32H38O3. The Balaban J connectivity index is 1.50. The van der Waals surface area contributed by atoms with Gasteiger partial charge in [-0.2, -0.15) is 0 Å². The van der Waals surface area contributed by atoms with Crippen LogP contribution < -0.4 is 0 Å². The maximum Gasteiger partial charge on any atom is 0.303 e. The van der Waals surface area contributed by atoms with E-state index >= 15 is 0 Å². The summed E-state index contributed by atoms with van der Waals surface area (Å²) >= 11 is 0. The lowest BCUT2D eigenvalue weighted by atomic mass is 9.66. The predicted octanol–water partition coefficient (Wildman–Crippen LogP) is 8.12. The Morgan fingerprint density at radius 2 is 1.49 bits per heavy atom. The number of rotatable bonds is 13. The average Bonchev–Trinajstić information content (AvgIpc) is 3.38. The SMILES string of the molecule is C=C(c1ccccc1)[C@@]12CCC(=O)C1CC(CCCCCCCCCC(=O)O)=C2c1ccccc1. The van der Waals surface area contributed by atoms with Gasteiger partial charge in [0.15, 0.2) is 0 Å². The predicted molar refractivity (Wildman–Crippen MR) is 143 cm³/mol. The van der Waals surface area contributed by atoms with Gasteiger partial charge >= 0.3 is 5.97 Å². The molecule has 1 saturated carbocycles. The molecule has 3 nitrogen and oxygen atoms in total. The average molecular weight is 471 g/mol. The van der Waals surface area contributed by atoms with Crippen molar-refractivity contribution in [1.29, 1.82) is 0 Å². The summed E-state index contributed by atoms with van der Waals surface area (Å²) in [5, 5.41) is 8.76. The number of hydrogen-bond acceptors (Lipinski definition) is 2. The van der Waals surface area contributed by atoms with Gasteiger partial charge in [-0.25, -0.2) is 0 Å². The van der Waals surface area contributed by atoms with Crippen LogP contribution in [0.15, 0.2) is 72.8 Å². The summed E-state index contributed by atoms with van der Waals surface area (Å²) in [5.74, 6) is -0.290. The van der Waals surface area contributed by atoms with E-state index in [9.17, 15) is 9.59 Å². The van der Waals surface area contributed by atoms with E-state index in [1.165, 1.54) is 36.0 Å². The third-order valence-corrected chi connectivity index (χ3v) is 8.09. The molecule has 1 fully saturated rings. The van der Waals surface area contributed by atoms with Crippen molar-refractivity contribution >= 4 is 22.9 Å². The Labute approximate surface area is 210 Å². The molecule has 4 rings (SSSR count). The van der Waals surface area contributed by atoms with Gasteiger partial charge in [0.25, 0.3) is 0 Å². The highest BCUT2D eigenvalue weighted by molar-refractivity contribution is 6.00. The fourth-order valence-electron chi connectivity index (χ4n) is 6.40. The van der Waals surface area contributed by atoms with Crippen LogP contribution in [0.1, 0.15) is 88.2 Å². The molecule has 0 heterocycles. The third kappa shape index (κ3) is 5.50. The van der Waals surface area contributed by atoms with Crippen LogP contribution in [-0.2, 0) is 9.59 Å². The zero-order chi connectivity index (χ0) is 24.7. The van der Waals surface area contributed by atoms with Crippen LogP contribution in [0, 0.1) is 11.3 Å². The number of Topliss-reactive ketones (excluding diaryl/α,β-unsaturated/α-hetero) is 1. The number of carbonyl (C=O) groups excluding carboxylic acids is 1. The van der Waals surface area contributed by atoms with Crippen molar-refractivity contribution in [2.45, 2.75) is 77.0 Å². The molecule has 1 unspecified atom stereocenters. The highest BCUT2D eigenvalue weighted by Gasteiger charge is 2.56. The first-order chi connectivity index (χ1) is 17.0. The van der Waals surface area contributed by atoms with Gasteiger partial charge < -0.3 is 5.11 Å². The molecule has 2 aliphatic rings. The zero-order valence-electron chi connectivity index (χ0n) is 20.8. The minimum absolute atomic E-state index is 0.00893. The van der Waals surface area contributed by atoms with Crippen molar-refractivity contribution < 1.29 is 14.7 Å². The van der Waals surface area contributed by atoms with E-state index in [4.69, 9.17) is 5.11 Å². The molecule has 0 aliphatic heterocycles. The number of allylic oxidation sites excluding steroid dienone is 3. The number of ketones is 1. The van der Waals surface area contributed by atoms with Crippen LogP contribution in [0.25, 0.3) is 11.1 Å². The van der Waals surface area contributed by atoms with Crippen molar-refractivity contribution in [3.63, 3.8) is 0 Å². The molecule has 0 spiro atoms. The highest BCUT2D eigenvalue weighted by atomic mass is 16.4. The fourth-order valence-corrected chi connectivity index (χ4v) is 6.40. The summed E-state index contributed by atoms with van der Waals surface area (Å²) in [7, 11) is 0. The van der Waals surface area contributed by atoms with Crippen LogP contribution in [0.3, 0.4) is 0 Å². The molecule has 0 radical (unpaired) electrons. The summed E-state index contributed by atoms with van der Waals surface area (Å²) in [6.07, 6.45) is 11.2. The molecule has 2 aromatic rings. The van der Waals surface area contributed by atoms with Crippen LogP contribution in [0.4, 0.5) is 0 Å². The van der Waals surface area contributed by atoms with Gasteiger partial charge in [0.2, 0.25) is 0 Å². The first-order valence-corrected chi connectivity index (χ1v) is 13.3. The van der Waals surface area contributed by atoms with Gasteiger partial charge in [-0.15, -0.1) is 0 Å². The monoisotopic (exact) mass is 470 g/mol. The van der Waals surface area contributed by atoms with Crippen LogP contribution >= 0.6 is 0 Å². The number of carboxylic acid groups (broad SMARTS) is 1. The first-order valence-electron chi connectivity index (χ1n) is 13.3. The molecule has 0 bridgehead atoms. The lowest BCUT2D eigenvalue weighted by molar-refractivity contribution is -0.137. The fraction of sp³-hybridized carbons (Fsp3) is 0.438. The minimum atomic E-state index is -0.694. The zero-order valence-corrected chi connectivity index (χ0v) is 20.8. The van der Waals surface area contributed by atoms with Gasteiger partial charge in [0, 0.05) is 24.2 Å². The van der Waals surface area contributed by atoms with E-state index in [0.29, 0.717) is 12.2 Å². The van der Waals surface area contributed by atoms with Crippen molar-refractivity contribution in [2.75, 3.05) is 0 Å². The number of fused-ring (bicyclic) bond motifs is 1. The van der Waals surface area contributed by atoms with E-state index in [-0.39, 0.29) is 17.8 Å². The maximum atomic E-state index is 13.2. The number of carboxylic acids is 1. The largest absolute Gasteiger partial charge is 0.481 e. The summed E-state index contributed by atoms with van der Waals surface area (Å²) in [6, 6.07) is 21.1. The summed E-state index contributed by atoms with van der Waals surface area (Å²) < 4.78 is 0. The van der Waals surface area contributed by atoms with Crippen molar-refractivity contribution in [1.82, 2.24) is 0 Å². The number of aliphatic carboxylic acids is 1. The van der Waals surface area contributed by atoms with E-state index in [1.807, 2.05) is 6.07 Å². The number of carbonyl (C=O) groups is 2. The van der Waals surface area contributed by atoms with Crippen molar-refractivity contribution in [2.24, 2.45) is 11.3 Å². The molecule has 184 valence electrons. The Morgan fingerprint density at radius 3 is 2.14 bits per heavy atom. The lowest BCUT2D eigenvalue weighted by Gasteiger charge is -2.35. The molecule has 2 aliphatic carbocycles. The molecule has 2 aromatic carbocycles. The molecule has 35 heavy (non-hydrogen) atoms. The highest BCUT2D eigenvalue weighted by Crippen LogP contribution is 2.65. The van der Waals surface area contributed by atoms with E-state index in [1.54, 1.807) is 0 Å². The van der Waals surface area contributed by atoms with Gasteiger partial charge in [-0.3, -0.25) is 9.59 Å². The quantitative estimate of drug-likeness (QED) is 0.301. The second-order valence-electron chi connectivity index (χ2n) is 10.3. The smallest absolute Gasteiger partial charge is 0.303 e. The third-order valence-electron chi connectivity index (χ3n) is 8.09. The Bertz CT molecular complexity index is 1070. The van der Waals surface area contributed by atoms with Crippen LogP contribution in [0.2, 0.25) is 0 Å².